The zero-order valence-electron chi connectivity index (χ0n) is 22.8. The van der Waals surface area contributed by atoms with Gasteiger partial charge in [0, 0.05) is 13.6 Å². The normalized spacial score (nSPS) is 21.6. The van der Waals surface area contributed by atoms with Gasteiger partial charge in [-0.05, 0) is 43.9 Å². The number of aryl methyl sites for hydroxylation is 3. The van der Waals surface area contributed by atoms with E-state index in [4.69, 9.17) is 11.6 Å². The van der Waals surface area contributed by atoms with Crippen LogP contribution in [0.4, 0.5) is 0 Å². The van der Waals surface area contributed by atoms with Crippen LogP contribution in [0.5, 0.6) is 0 Å². The van der Waals surface area contributed by atoms with Gasteiger partial charge in [0.05, 0.1) is 23.2 Å². The average Bonchev–Trinajstić information content (AvgIpc) is 3.39. The highest BCUT2D eigenvalue weighted by Crippen LogP contribution is 2.51. The summed E-state index contributed by atoms with van der Waals surface area (Å²) >= 11 is 7.81. The molecule has 11 heteroatoms. The van der Waals surface area contributed by atoms with Crippen molar-refractivity contribution in [3.8, 4) is 0 Å². The van der Waals surface area contributed by atoms with Crippen molar-refractivity contribution in [2.45, 2.75) is 56.8 Å². The first-order chi connectivity index (χ1) is 19.0. The van der Waals surface area contributed by atoms with Crippen LogP contribution in [-0.2, 0) is 29.6 Å². The number of halogens is 1. The van der Waals surface area contributed by atoms with Crippen LogP contribution in [0.2, 0.25) is 5.15 Å². The van der Waals surface area contributed by atoms with E-state index in [0.29, 0.717) is 12.2 Å². The molecule has 3 aromatic rings. The lowest BCUT2D eigenvalue weighted by Gasteiger charge is -2.53. The Kier molecular flexibility index (Phi) is 7.69. The molecule has 2 N–H and O–H groups in total. The van der Waals surface area contributed by atoms with Crippen molar-refractivity contribution in [2.24, 2.45) is 7.05 Å². The molecule has 2 fully saturated rings. The molecule has 40 heavy (non-hydrogen) atoms. The number of carbonyl (C=O) groups is 3. The lowest BCUT2D eigenvalue weighted by atomic mass is 9.91. The van der Waals surface area contributed by atoms with Crippen LogP contribution in [-0.4, -0.2) is 71.3 Å². The number of amides is 3. The fourth-order valence-corrected chi connectivity index (χ4v) is 7.13. The lowest BCUT2D eigenvalue weighted by Crippen LogP contribution is -2.73. The molecule has 3 amide bonds. The topological polar surface area (TPSA) is 108 Å². The first-order valence-electron chi connectivity index (χ1n) is 13.0. The van der Waals surface area contributed by atoms with E-state index in [1.54, 1.807) is 18.9 Å². The number of thioether (sulfide) groups is 1. The number of nitrogens with zero attached hydrogens (tertiary/aromatic N) is 4. The number of aliphatic hydroxyl groups is 1. The number of likely N-dealkylation sites (tertiary alicyclic amines) is 1. The zero-order chi connectivity index (χ0) is 28.8. The molecule has 2 aromatic carbocycles. The van der Waals surface area contributed by atoms with Gasteiger partial charge in [0.25, 0.3) is 11.8 Å². The summed E-state index contributed by atoms with van der Waals surface area (Å²) in [7, 11) is 1.63. The van der Waals surface area contributed by atoms with Crippen molar-refractivity contribution >= 4 is 41.1 Å². The molecule has 2 aliphatic rings. The third-order valence-corrected chi connectivity index (χ3v) is 9.72. The summed E-state index contributed by atoms with van der Waals surface area (Å²) in [5, 5.41) is 18.6. The highest BCUT2D eigenvalue weighted by molar-refractivity contribution is 8.01. The molecule has 2 unspecified atom stereocenters. The SMILES string of the molecule is Cc1ccccc1CN1C(=O)[C@H]2N(C(=O)[C@@H](O)C(Cc3ccccc3)NC(=O)c3c(C)nn(C)c3Cl)CSC21C. The molecule has 9 nitrogen and oxygen atoms in total. The second-order valence-electron chi connectivity index (χ2n) is 10.5. The summed E-state index contributed by atoms with van der Waals surface area (Å²) in [6, 6.07) is 15.5. The third kappa shape index (κ3) is 4.88. The molecule has 5 rings (SSSR count). The first-order valence-corrected chi connectivity index (χ1v) is 14.4. The third-order valence-electron chi connectivity index (χ3n) is 7.85. The van der Waals surface area contributed by atoms with Crippen molar-refractivity contribution in [2.75, 3.05) is 5.88 Å². The molecule has 0 bridgehead atoms. The van der Waals surface area contributed by atoms with E-state index in [1.165, 1.54) is 21.3 Å². The van der Waals surface area contributed by atoms with Gasteiger partial charge in [0.2, 0.25) is 5.91 Å². The van der Waals surface area contributed by atoms with E-state index in [0.717, 1.165) is 16.7 Å². The smallest absolute Gasteiger partial charge is 0.256 e. The van der Waals surface area contributed by atoms with Crippen LogP contribution in [0.1, 0.15) is 39.7 Å². The summed E-state index contributed by atoms with van der Waals surface area (Å²) in [4.78, 5) is 43.0. The number of hydrogen-bond acceptors (Lipinski definition) is 6. The standard InChI is InChI=1S/C29H32ClN5O4S/c1-17-10-8-9-13-20(17)15-35-28(39)24-29(35,3)40-16-34(24)27(38)23(36)21(14-19-11-6-5-7-12-19)31-26(37)22-18(2)32-33(4)25(22)30/h5-13,21,23-24,36H,14-16H2,1-4H3,(H,31,37)/t21?,23-,24+,29?/m0/s1. The monoisotopic (exact) mass is 581 g/mol. The predicted octanol–water partition coefficient (Wildman–Crippen LogP) is 3.05. The van der Waals surface area contributed by atoms with Crippen LogP contribution >= 0.6 is 23.4 Å². The van der Waals surface area contributed by atoms with Crippen LogP contribution < -0.4 is 5.32 Å². The number of aromatic nitrogens is 2. The predicted molar refractivity (Wildman–Crippen MR) is 154 cm³/mol. The van der Waals surface area contributed by atoms with Gasteiger partial charge in [-0.2, -0.15) is 5.10 Å². The maximum Gasteiger partial charge on any atom is 0.256 e. The van der Waals surface area contributed by atoms with E-state index in [2.05, 4.69) is 10.4 Å². The van der Waals surface area contributed by atoms with Crippen molar-refractivity contribution in [3.05, 3.63) is 87.7 Å². The largest absolute Gasteiger partial charge is 0.381 e. The van der Waals surface area contributed by atoms with E-state index >= 15 is 0 Å². The van der Waals surface area contributed by atoms with Gasteiger partial charge in [-0.25, -0.2) is 0 Å². The number of nitrogens with one attached hydrogen (secondary N) is 1. The molecule has 0 radical (unpaired) electrons. The molecule has 2 saturated heterocycles. The summed E-state index contributed by atoms with van der Waals surface area (Å²) in [6.07, 6.45) is -1.38. The number of fused-ring (bicyclic) bond motifs is 1. The minimum Gasteiger partial charge on any atom is -0.381 e. The highest BCUT2D eigenvalue weighted by Gasteiger charge is 2.65. The number of aliphatic hydroxyl groups excluding tert-OH is 1. The number of β-lactam (4-membered cyclic amide) rings is 1. The van der Waals surface area contributed by atoms with E-state index < -0.39 is 34.9 Å². The summed E-state index contributed by atoms with van der Waals surface area (Å²) < 4.78 is 1.40. The van der Waals surface area contributed by atoms with Gasteiger partial charge in [-0.15, -0.1) is 11.8 Å². The molecule has 1 aromatic heterocycles. The Morgan fingerprint density at radius 2 is 1.85 bits per heavy atom. The molecule has 0 saturated carbocycles. The quantitative estimate of drug-likeness (QED) is 0.396. The zero-order valence-corrected chi connectivity index (χ0v) is 24.4. The fraction of sp³-hybridized carbons (Fsp3) is 0.379. The summed E-state index contributed by atoms with van der Waals surface area (Å²) in [5.74, 6) is -1.03. The molecule has 4 atom stereocenters. The second kappa shape index (κ2) is 10.9. The first kappa shape index (κ1) is 28.2. The molecule has 2 aliphatic heterocycles. The molecule has 0 spiro atoms. The summed E-state index contributed by atoms with van der Waals surface area (Å²) in [5.41, 5.74) is 3.60. The Labute approximate surface area is 242 Å². The van der Waals surface area contributed by atoms with Crippen LogP contribution in [0.25, 0.3) is 0 Å². The lowest BCUT2D eigenvalue weighted by molar-refractivity contribution is -0.168. The van der Waals surface area contributed by atoms with E-state index in [1.807, 2.05) is 68.4 Å². The van der Waals surface area contributed by atoms with Crippen LogP contribution in [0.3, 0.4) is 0 Å². The number of carbonyl (C=O) groups excluding carboxylic acids is 3. The Bertz CT molecular complexity index is 1460. The van der Waals surface area contributed by atoms with Gasteiger partial charge < -0.3 is 20.2 Å². The van der Waals surface area contributed by atoms with Gasteiger partial charge in [-0.3, -0.25) is 19.1 Å². The van der Waals surface area contributed by atoms with Gasteiger partial charge >= 0.3 is 0 Å². The van der Waals surface area contributed by atoms with Crippen LogP contribution in [0, 0.1) is 13.8 Å². The molecule has 3 heterocycles. The molecular weight excluding hydrogens is 550 g/mol. The van der Waals surface area contributed by atoms with Crippen molar-refractivity contribution in [1.82, 2.24) is 24.9 Å². The minimum absolute atomic E-state index is 0.155. The number of hydrogen-bond donors (Lipinski definition) is 2. The maximum absolute atomic E-state index is 13.7. The van der Waals surface area contributed by atoms with Crippen molar-refractivity contribution in [3.63, 3.8) is 0 Å². The van der Waals surface area contributed by atoms with Gasteiger partial charge in [0.1, 0.15) is 16.1 Å². The molecule has 210 valence electrons. The van der Waals surface area contributed by atoms with Crippen LogP contribution in [0.15, 0.2) is 54.6 Å². The van der Waals surface area contributed by atoms with E-state index in [9.17, 15) is 19.5 Å². The second-order valence-corrected chi connectivity index (χ2v) is 12.2. The Hall–Kier alpha value is -3.34. The Morgan fingerprint density at radius 3 is 2.50 bits per heavy atom. The molecule has 0 aliphatic carbocycles. The molecular formula is C29H32ClN5O4S. The number of rotatable bonds is 8. The Morgan fingerprint density at radius 1 is 1.18 bits per heavy atom. The van der Waals surface area contributed by atoms with Crippen molar-refractivity contribution in [1.29, 1.82) is 0 Å². The average molecular weight is 582 g/mol. The Balaban J connectivity index is 1.35. The van der Waals surface area contributed by atoms with Gasteiger partial charge in [-0.1, -0.05) is 66.2 Å². The summed E-state index contributed by atoms with van der Waals surface area (Å²) in [6.45, 7) is 6.09. The van der Waals surface area contributed by atoms with Crippen molar-refractivity contribution < 1.29 is 19.5 Å². The number of benzene rings is 2. The highest BCUT2D eigenvalue weighted by atomic mass is 35.5. The minimum atomic E-state index is -1.58. The maximum atomic E-state index is 13.7. The fourth-order valence-electron chi connectivity index (χ4n) is 5.49. The van der Waals surface area contributed by atoms with Gasteiger partial charge in [0.15, 0.2) is 6.10 Å². The van der Waals surface area contributed by atoms with E-state index in [-0.39, 0.29) is 28.9 Å².